The van der Waals surface area contributed by atoms with Crippen LogP contribution in [0.5, 0.6) is 0 Å². The summed E-state index contributed by atoms with van der Waals surface area (Å²) in [5, 5.41) is 15.3. The first-order valence-electron chi connectivity index (χ1n) is 7.57. The summed E-state index contributed by atoms with van der Waals surface area (Å²) in [4.78, 5) is 14.0. The summed E-state index contributed by atoms with van der Waals surface area (Å²) in [5.41, 5.74) is 0. The van der Waals surface area contributed by atoms with Crippen LogP contribution < -0.4 is 10.6 Å². The molecular weight excluding hydrogens is 270 g/mol. The molecule has 1 unspecified atom stereocenters. The van der Waals surface area contributed by atoms with Gasteiger partial charge >= 0.3 is 6.03 Å². The molecule has 6 heteroatoms. The number of urea groups is 1. The van der Waals surface area contributed by atoms with Gasteiger partial charge in [-0.15, -0.1) is 0 Å². The van der Waals surface area contributed by atoms with Crippen LogP contribution in [0.2, 0.25) is 0 Å². The highest BCUT2D eigenvalue weighted by Crippen LogP contribution is 2.18. The molecule has 0 spiro atoms. The van der Waals surface area contributed by atoms with E-state index in [9.17, 15) is 9.90 Å². The van der Waals surface area contributed by atoms with Gasteiger partial charge in [-0.2, -0.15) is 0 Å². The van der Waals surface area contributed by atoms with Gasteiger partial charge in [0.1, 0.15) is 11.9 Å². The van der Waals surface area contributed by atoms with Crippen LogP contribution in [0.1, 0.15) is 31.1 Å². The Labute approximate surface area is 125 Å². The SMILES string of the molecule is CN1CCC(CCNC(=O)NCC(O)c2ccco2)CC1. The van der Waals surface area contributed by atoms with Crippen LogP contribution in [-0.2, 0) is 0 Å². The molecule has 1 aliphatic rings. The quantitative estimate of drug-likeness (QED) is 0.740. The number of amides is 2. The molecule has 0 saturated carbocycles. The van der Waals surface area contributed by atoms with E-state index in [4.69, 9.17) is 4.42 Å². The Kier molecular flexibility index (Phi) is 6.07. The first kappa shape index (κ1) is 15.9. The van der Waals surface area contributed by atoms with Crippen LogP contribution in [0, 0.1) is 5.92 Å². The van der Waals surface area contributed by atoms with Crippen molar-refractivity contribution < 1.29 is 14.3 Å². The van der Waals surface area contributed by atoms with Crippen molar-refractivity contribution in [2.45, 2.75) is 25.4 Å². The van der Waals surface area contributed by atoms with Gasteiger partial charge in [-0.3, -0.25) is 0 Å². The Bertz CT molecular complexity index is 414. The molecule has 2 rings (SSSR count). The number of furan rings is 1. The second-order valence-corrected chi connectivity index (χ2v) is 5.70. The van der Waals surface area contributed by atoms with E-state index in [0.717, 1.165) is 19.5 Å². The fourth-order valence-electron chi connectivity index (χ4n) is 2.57. The Balaban J connectivity index is 1.55. The van der Waals surface area contributed by atoms with Crippen LogP contribution in [0.4, 0.5) is 4.79 Å². The number of hydrogen-bond donors (Lipinski definition) is 3. The minimum absolute atomic E-state index is 0.146. The summed E-state index contributed by atoms with van der Waals surface area (Å²) in [6.07, 6.45) is 4.12. The van der Waals surface area contributed by atoms with E-state index in [1.807, 2.05) is 0 Å². The molecule has 118 valence electrons. The van der Waals surface area contributed by atoms with E-state index in [0.29, 0.717) is 18.2 Å². The number of rotatable bonds is 6. The Morgan fingerprint density at radius 1 is 1.48 bits per heavy atom. The van der Waals surface area contributed by atoms with E-state index in [2.05, 4.69) is 22.6 Å². The number of carbonyl (C=O) groups excluding carboxylic acids is 1. The number of aliphatic hydroxyl groups excluding tert-OH is 1. The molecule has 1 atom stereocenters. The zero-order valence-corrected chi connectivity index (χ0v) is 12.5. The number of nitrogens with one attached hydrogen (secondary N) is 2. The van der Waals surface area contributed by atoms with Crippen molar-refractivity contribution in [1.29, 1.82) is 0 Å². The molecule has 0 radical (unpaired) electrons. The highest BCUT2D eigenvalue weighted by Gasteiger charge is 2.16. The van der Waals surface area contributed by atoms with Gasteiger partial charge in [0, 0.05) is 6.54 Å². The topological polar surface area (TPSA) is 77.7 Å². The van der Waals surface area contributed by atoms with E-state index in [1.54, 1.807) is 12.1 Å². The predicted octanol–water partition coefficient (Wildman–Crippen LogP) is 1.34. The van der Waals surface area contributed by atoms with Crippen molar-refractivity contribution >= 4 is 6.03 Å². The maximum Gasteiger partial charge on any atom is 0.314 e. The highest BCUT2D eigenvalue weighted by molar-refractivity contribution is 5.73. The summed E-state index contributed by atoms with van der Waals surface area (Å²) in [6, 6.07) is 3.15. The molecule has 6 nitrogen and oxygen atoms in total. The second kappa shape index (κ2) is 8.05. The fourth-order valence-corrected chi connectivity index (χ4v) is 2.57. The van der Waals surface area contributed by atoms with Gasteiger partial charge in [0.25, 0.3) is 0 Å². The van der Waals surface area contributed by atoms with Crippen molar-refractivity contribution in [2.75, 3.05) is 33.2 Å². The molecule has 0 aromatic carbocycles. The van der Waals surface area contributed by atoms with Crippen LogP contribution in [0.15, 0.2) is 22.8 Å². The lowest BCUT2D eigenvalue weighted by atomic mass is 9.94. The minimum atomic E-state index is -0.806. The lowest BCUT2D eigenvalue weighted by Crippen LogP contribution is -2.39. The lowest BCUT2D eigenvalue weighted by Gasteiger charge is -2.28. The summed E-state index contributed by atoms with van der Waals surface area (Å²) >= 11 is 0. The molecule has 1 aliphatic heterocycles. The van der Waals surface area contributed by atoms with Gasteiger partial charge in [-0.25, -0.2) is 4.79 Å². The highest BCUT2D eigenvalue weighted by atomic mass is 16.4. The Hall–Kier alpha value is -1.53. The van der Waals surface area contributed by atoms with E-state index < -0.39 is 6.10 Å². The molecule has 21 heavy (non-hydrogen) atoms. The third-order valence-corrected chi connectivity index (χ3v) is 4.00. The van der Waals surface area contributed by atoms with Gasteiger partial charge in [0.15, 0.2) is 0 Å². The van der Waals surface area contributed by atoms with E-state index in [-0.39, 0.29) is 12.6 Å². The molecule has 1 saturated heterocycles. The number of hydrogen-bond acceptors (Lipinski definition) is 4. The molecular formula is C15H25N3O3. The summed E-state index contributed by atoms with van der Waals surface area (Å²) in [6.45, 7) is 3.11. The Morgan fingerprint density at radius 3 is 2.90 bits per heavy atom. The largest absolute Gasteiger partial charge is 0.467 e. The lowest BCUT2D eigenvalue weighted by molar-refractivity contribution is 0.147. The average molecular weight is 295 g/mol. The van der Waals surface area contributed by atoms with E-state index >= 15 is 0 Å². The summed E-state index contributed by atoms with van der Waals surface area (Å²) < 4.78 is 5.07. The average Bonchev–Trinajstić information content (AvgIpc) is 3.01. The zero-order chi connectivity index (χ0) is 15.1. The van der Waals surface area contributed by atoms with Crippen LogP contribution in [0.3, 0.4) is 0 Å². The number of carbonyl (C=O) groups is 1. The predicted molar refractivity (Wildman–Crippen MR) is 79.9 cm³/mol. The van der Waals surface area contributed by atoms with Crippen molar-refractivity contribution in [3.63, 3.8) is 0 Å². The third-order valence-electron chi connectivity index (χ3n) is 4.00. The first-order valence-corrected chi connectivity index (χ1v) is 7.57. The van der Waals surface area contributed by atoms with Crippen molar-refractivity contribution in [3.05, 3.63) is 24.2 Å². The van der Waals surface area contributed by atoms with Crippen molar-refractivity contribution in [2.24, 2.45) is 5.92 Å². The Morgan fingerprint density at radius 2 is 2.24 bits per heavy atom. The van der Waals surface area contributed by atoms with Crippen LogP contribution in [0.25, 0.3) is 0 Å². The third kappa shape index (κ3) is 5.40. The zero-order valence-electron chi connectivity index (χ0n) is 12.5. The summed E-state index contributed by atoms with van der Waals surface area (Å²) in [7, 11) is 2.15. The molecule has 2 amide bonds. The van der Waals surface area contributed by atoms with Gasteiger partial charge < -0.3 is 25.1 Å². The molecule has 1 aromatic rings. The standard InChI is InChI=1S/C15H25N3O3/c1-18-8-5-12(6-9-18)4-7-16-15(20)17-11-13(19)14-3-2-10-21-14/h2-3,10,12-13,19H,4-9,11H2,1H3,(H2,16,17,20). The molecule has 3 N–H and O–H groups in total. The van der Waals surface area contributed by atoms with Gasteiger partial charge in [-0.1, -0.05) is 0 Å². The molecule has 0 aliphatic carbocycles. The monoisotopic (exact) mass is 295 g/mol. The minimum Gasteiger partial charge on any atom is -0.467 e. The maximum absolute atomic E-state index is 11.6. The maximum atomic E-state index is 11.6. The molecule has 1 fully saturated rings. The van der Waals surface area contributed by atoms with Crippen molar-refractivity contribution in [1.82, 2.24) is 15.5 Å². The van der Waals surface area contributed by atoms with Gasteiger partial charge in [-0.05, 0) is 57.5 Å². The van der Waals surface area contributed by atoms with Gasteiger partial charge in [0.05, 0.1) is 12.8 Å². The number of nitrogens with zero attached hydrogens (tertiary/aromatic N) is 1. The first-order chi connectivity index (χ1) is 10.1. The van der Waals surface area contributed by atoms with Crippen molar-refractivity contribution in [3.8, 4) is 0 Å². The van der Waals surface area contributed by atoms with Gasteiger partial charge in [0.2, 0.25) is 0 Å². The number of piperidine rings is 1. The smallest absolute Gasteiger partial charge is 0.314 e. The molecule has 0 bridgehead atoms. The number of likely N-dealkylation sites (tertiary alicyclic amines) is 1. The normalized spacial score (nSPS) is 18.4. The van der Waals surface area contributed by atoms with Crippen LogP contribution in [-0.4, -0.2) is 49.3 Å². The fraction of sp³-hybridized carbons (Fsp3) is 0.667. The molecule has 2 heterocycles. The second-order valence-electron chi connectivity index (χ2n) is 5.70. The summed E-state index contributed by atoms with van der Waals surface area (Å²) in [5.74, 6) is 1.16. The number of aliphatic hydroxyl groups is 1. The van der Waals surface area contributed by atoms with E-state index in [1.165, 1.54) is 19.1 Å². The van der Waals surface area contributed by atoms with Crippen LogP contribution >= 0.6 is 0 Å². The molecule has 1 aromatic heterocycles.